The molecular weight excluding hydrogens is 528 g/mol. The lowest BCUT2D eigenvalue weighted by molar-refractivity contribution is -0.130. The molecule has 3 aromatic carbocycles. The van der Waals surface area contributed by atoms with E-state index in [1.54, 1.807) is 0 Å². The molecule has 6 nitrogen and oxygen atoms in total. The molecule has 220 valence electrons. The molecule has 1 aliphatic carbocycles. The molecule has 42 heavy (non-hydrogen) atoms. The van der Waals surface area contributed by atoms with Crippen molar-refractivity contribution in [1.29, 1.82) is 0 Å². The topological polar surface area (TPSA) is 78.9 Å². The Morgan fingerprint density at radius 2 is 1.79 bits per heavy atom. The number of hydrogen-bond donors (Lipinski definition) is 0. The van der Waals surface area contributed by atoms with Gasteiger partial charge in [-0.15, -0.1) is 0 Å². The zero-order valence-corrected chi connectivity index (χ0v) is 24.8. The molecule has 0 aromatic heterocycles. The molecular formula is C36H40O6. The van der Waals surface area contributed by atoms with Crippen LogP contribution in [-0.4, -0.2) is 30.7 Å². The van der Waals surface area contributed by atoms with Crippen molar-refractivity contribution in [1.82, 2.24) is 0 Å². The fourth-order valence-corrected chi connectivity index (χ4v) is 6.70. The predicted octanol–water partition coefficient (Wildman–Crippen LogP) is 7.32. The molecule has 0 saturated heterocycles. The van der Waals surface area contributed by atoms with Crippen molar-refractivity contribution in [2.24, 2.45) is 17.8 Å². The maximum Gasteiger partial charge on any atom is 0.231 e. The van der Waals surface area contributed by atoms with E-state index in [0.29, 0.717) is 38.2 Å². The summed E-state index contributed by atoms with van der Waals surface area (Å²) < 4.78 is 17.2. The Hall–Kier alpha value is -3.77. The molecule has 0 N–H and O–H groups in total. The second kappa shape index (κ2) is 13.5. The number of carbonyl (C=O) groups is 3. The van der Waals surface area contributed by atoms with Gasteiger partial charge in [0.2, 0.25) is 6.79 Å². The summed E-state index contributed by atoms with van der Waals surface area (Å²) in [7, 11) is 0. The molecule has 1 heterocycles. The molecule has 3 atom stereocenters. The van der Waals surface area contributed by atoms with Crippen molar-refractivity contribution in [3.63, 3.8) is 0 Å². The minimum atomic E-state index is -0.239. The molecule has 0 bridgehead atoms. The maximum atomic E-state index is 13.6. The van der Waals surface area contributed by atoms with Crippen molar-refractivity contribution >= 4 is 17.3 Å². The highest BCUT2D eigenvalue weighted by molar-refractivity contribution is 6.02. The zero-order valence-electron chi connectivity index (χ0n) is 24.8. The van der Waals surface area contributed by atoms with Crippen LogP contribution in [0, 0.1) is 24.7 Å². The maximum absolute atomic E-state index is 13.6. The van der Waals surface area contributed by atoms with Gasteiger partial charge in [-0.3, -0.25) is 14.4 Å². The quantitative estimate of drug-likeness (QED) is 0.159. The minimum Gasteiger partial charge on any atom is -0.454 e. The van der Waals surface area contributed by atoms with Gasteiger partial charge in [-0.2, -0.15) is 0 Å². The molecule has 1 aliphatic heterocycles. The van der Waals surface area contributed by atoms with Crippen LogP contribution in [0.15, 0.2) is 60.7 Å². The lowest BCUT2D eigenvalue weighted by Crippen LogP contribution is -2.30. The molecule has 3 unspecified atom stereocenters. The van der Waals surface area contributed by atoms with E-state index in [-0.39, 0.29) is 48.3 Å². The summed E-state index contributed by atoms with van der Waals surface area (Å²) >= 11 is 0. The van der Waals surface area contributed by atoms with Gasteiger partial charge >= 0.3 is 0 Å². The Kier molecular flexibility index (Phi) is 9.53. The summed E-state index contributed by atoms with van der Waals surface area (Å²) in [6, 6.07) is 20.1. The molecule has 0 radical (unpaired) electrons. The largest absolute Gasteiger partial charge is 0.454 e. The predicted molar refractivity (Wildman–Crippen MR) is 162 cm³/mol. The van der Waals surface area contributed by atoms with Crippen molar-refractivity contribution in [3.05, 3.63) is 82.9 Å². The second-order valence-corrected chi connectivity index (χ2v) is 11.7. The smallest absolute Gasteiger partial charge is 0.231 e. The van der Waals surface area contributed by atoms with Crippen LogP contribution >= 0.6 is 0 Å². The second-order valence-electron chi connectivity index (χ2n) is 11.7. The molecule has 0 fully saturated rings. The van der Waals surface area contributed by atoms with Crippen LogP contribution in [0.3, 0.4) is 0 Å². The number of ether oxygens (including phenoxy) is 3. The summed E-state index contributed by atoms with van der Waals surface area (Å²) in [5.74, 6) is 1.37. The molecule has 0 saturated carbocycles. The molecule has 2 aliphatic rings. The number of rotatable bonds is 13. The van der Waals surface area contributed by atoms with E-state index in [1.165, 1.54) is 6.92 Å². The van der Waals surface area contributed by atoms with E-state index in [1.807, 2.05) is 68.4 Å². The summed E-state index contributed by atoms with van der Waals surface area (Å²) in [6.07, 6.45) is 3.27. The molecule has 3 aromatic rings. The first-order chi connectivity index (χ1) is 20.3. The van der Waals surface area contributed by atoms with Gasteiger partial charge in [0.1, 0.15) is 11.6 Å². The van der Waals surface area contributed by atoms with Crippen LogP contribution in [0.4, 0.5) is 0 Å². The van der Waals surface area contributed by atoms with Crippen molar-refractivity contribution < 1.29 is 28.6 Å². The number of fused-ring (bicyclic) bond motifs is 2. The van der Waals surface area contributed by atoms with Crippen LogP contribution in [0.5, 0.6) is 11.5 Å². The Morgan fingerprint density at radius 3 is 2.55 bits per heavy atom. The lowest BCUT2D eigenvalue weighted by Gasteiger charge is -2.32. The van der Waals surface area contributed by atoms with Crippen LogP contribution in [-0.2, 0) is 27.4 Å². The monoisotopic (exact) mass is 568 g/mol. The fraction of sp³-hybridized carbons (Fsp3) is 0.417. The van der Waals surface area contributed by atoms with E-state index in [2.05, 4.69) is 6.07 Å². The highest BCUT2D eigenvalue weighted by atomic mass is 16.7. The third-order valence-corrected chi connectivity index (χ3v) is 8.68. The Morgan fingerprint density at radius 1 is 1.00 bits per heavy atom. The van der Waals surface area contributed by atoms with Crippen molar-refractivity contribution in [3.8, 4) is 22.6 Å². The van der Waals surface area contributed by atoms with Gasteiger partial charge < -0.3 is 14.2 Å². The van der Waals surface area contributed by atoms with E-state index in [0.717, 1.165) is 52.0 Å². The number of hydrogen-bond acceptors (Lipinski definition) is 6. The SMILES string of the molecule is CCC(C(=O)CC(C)=O)C(CCOCc1ccccc1)CC1CC(=O)c2c(C)ccc(-c3ccc4c(c3)OCO4)c2C1. The van der Waals surface area contributed by atoms with Gasteiger partial charge in [-0.05, 0) is 91.3 Å². The van der Waals surface area contributed by atoms with Gasteiger partial charge in [0, 0.05) is 24.5 Å². The van der Waals surface area contributed by atoms with Gasteiger partial charge in [-0.25, -0.2) is 0 Å². The number of aryl methyl sites for hydroxylation is 1. The summed E-state index contributed by atoms with van der Waals surface area (Å²) in [4.78, 5) is 38.7. The van der Waals surface area contributed by atoms with Crippen molar-refractivity contribution in [2.75, 3.05) is 13.4 Å². The molecule has 0 spiro atoms. The van der Waals surface area contributed by atoms with Gasteiger partial charge in [0.25, 0.3) is 0 Å². The third kappa shape index (κ3) is 6.81. The summed E-state index contributed by atoms with van der Waals surface area (Å²) in [5.41, 5.74) is 6.02. The van der Waals surface area contributed by atoms with E-state index >= 15 is 0 Å². The summed E-state index contributed by atoms with van der Waals surface area (Å²) in [5, 5.41) is 0. The number of carbonyl (C=O) groups excluding carboxylic acids is 3. The Bertz CT molecular complexity index is 1440. The molecule has 0 amide bonds. The van der Waals surface area contributed by atoms with Crippen LogP contribution in [0.2, 0.25) is 0 Å². The Labute approximate surface area is 248 Å². The lowest BCUT2D eigenvalue weighted by atomic mass is 9.71. The third-order valence-electron chi connectivity index (χ3n) is 8.68. The first-order valence-corrected chi connectivity index (χ1v) is 15.0. The van der Waals surface area contributed by atoms with E-state index in [4.69, 9.17) is 14.2 Å². The van der Waals surface area contributed by atoms with E-state index < -0.39 is 0 Å². The normalized spacial score (nSPS) is 17.0. The highest BCUT2D eigenvalue weighted by Gasteiger charge is 2.34. The van der Waals surface area contributed by atoms with Crippen LogP contribution < -0.4 is 9.47 Å². The van der Waals surface area contributed by atoms with Gasteiger partial charge in [0.05, 0.1) is 13.0 Å². The number of Topliss-reactive ketones (excluding diaryl/α,β-unsaturated/α-hetero) is 3. The fourth-order valence-electron chi connectivity index (χ4n) is 6.70. The molecule has 5 rings (SSSR count). The first-order valence-electron chi connectivity index (χ1n) is 15.0. The first kappa shape index (κ1) is 29.7. The van der Waals surface area contributed by atoms with Gasteiger partial charge in [0.15, 0.2) is 17.3 Å². The van der Waals surface area contributed by atoms with Crippen LogP contribution in [0.1, 0.15) is 73.0 Å². The standard InChI is InChI=1S/C36H40O6/c1-4-29(32(38)16-24(3)37)28(14-15-40-21-25-8-6-5-7-9-25)17-26-18-31-30(12-10-23(2)36(31)33(39)19-26)27-11-13-34-35(20-27)42-22-41-34/h5-13,20,26,28-29H,4,14-19,21-22H2,1-3H3. The van der Waals surface area contributed by atoms with Gasteiger partial charge in [-0.1, -0.05) is 55.5 Å². The zero-order chi connectivity index (χ0) is 29.6. The van der Waals surface area contributed by atoms with E-state index in [9.17, 15) is 14.4 Å². The number of ketones is 3. The minimum absolute atomic E-state index is 0.00233. The average Bonchev–Trinajstić information content (AvgIpc) is 3.44. The summed E-state index contributed by atoms with van der Waals surface area (Å²) in [6.45, 7) is 6.73. The average molecular weight is 569 g/mol. The van der Waals surface area contributed by atoms with Crippen LogP contribution in [0.25, 0.3) is 11.1 Å². The number of benzene rings is 3. The van der Waals surface area contributed by atoms with Crippen molar-refractivity contribution in [2.45, 2.75) is 65.9 Å². The molecule has 6 heteroatoms. The Balaban J connectivity index is 1.37. The highest BCUT2D eigenvalue weighted by Crippen LogP contribution is 2.42.